The number of aryl methyl sites for hydroxylation is 1. The zero-order valence-electron chi connectivity index (χ0n) is 22.8. The monoisotopic (exact) mass is 599 g/mol. The van der Waals surface area contributed by atoms with E-state index in [1.807, 2.05) is 79.7 Å². The number of aromatic nitrogens is 4. The van der Waals surface area contributed by atoms with Crippen LogP contribution in [0.25, 0.3) is 11.0 Å². The van der Waals surface area contributed by atoms with Gasteiger partial charge in [-0.25, -0.2) is 4.98 Å². The molecule has 42 heavy (non-hydrogen) atoms. The third kappa shape index (κ3) is 6.83. The van der Waals surface area contributed by atoms with Crippen LogP contribution in [0.15, 0.2) is 83.3 Å². The number of hydrogen-bond acceptors (Lipinski definition) is 10. The molecule has 0 spiro atoms. The molecule has 0 bridgehead atoms. The lowest BCUT2D eigenvalue weighted by molar-refractivity contribution is -0.245. The van der Waals surface area contributed by atoms with Crippen molar-refractivity contribution >= 4 is 40.0 Å². The molecule has 2 aromatic heterocycles. The number of carbonyl (C=O) groups is 1. The number of ether oxygens (including phenoxy) is 2. The second-order valence-electron chi connectivity index (χ2n) is 9.92. The molecule has 5 aromatic rings. The van der Waals surface area contributed by atoms with E-state index in [0.717, 1.165) is 42.9 Å². The van der Waals surface area contributed by atoms with E-state index in [2.05, 4.69) is 25.5 Å². The number of nitrogens with zero attached hydrogens (tertiary/aromatic N) is 4. The lowest BCUT2D eigenvalue weighted by Crippen LogP contribution is -2.31. The predicted molar refractivity (Wildman–Crippen MR) is 161 cm³/mol. The number of fused-ring (bicyclic) bond motifs is 1. The first-order chi connectivity index (χ1) is 20.5. The topological polar surface area (TPSA) is 119 Å². The van der Waals surface area contributed by atoms with Gasteiger partial charge in [-0.15, -0.1) is 10.2 Å². The van der Waals surface area contributed by atoms with Crippen molar-refractivity contribution in [1.29, 1.82) is 0 Å². The molecule has 3 unspecified atom stereocenters. The second-order valence-corrected chi connectivity index (χ2v) is 12.4. The number of para-hydroxylation sites is 2. The van der Waals surface area contributed by atoms with E-state index in [1.165, 1.54) is 6.20 Å². The van der Waals surface area contributed by atoms with E-state index in [0.29, 0.717) is 18.5 Å². The van der Waals surface area contributed by atoms with E-state index >= 15 is 0 Å². The Kier molecular flexibility index (Phi) is 8.82. The first kappa shape index (κ1) is 28.4. The van der Waals surface area contributed by atoms with Crippen molar-refractivity contribution in [3.63, 3.8) is 0 Å². The standard InChI is InChI=1S/C31H29N5O4S2/c1-19-35-36-31(42-19)41-18-24-14-28(22-10-8-21(17-37)9-11-22)40-30(39-24)23-12-6-20(7-13-23)15-33-29(38)27-16-32-25-4-2-3-5-26(25)34-27/h2-13,16,24,28,30,37H,14-15,17-18H2,1H3,(H,33,38). The third-order valence-electron chi connectivity index (χ3n) is 6.90. The lowest BCUT2D eigenvalue weighted by atomic mass is 10.0. The highest BCUT2D eigenvalue weighted by Gasteiger charge is 2.32. The van der Waals surface area contributed by atoms with E-state index in [-0.39, 0.29) is 30.4 Å². The minimum atomic E-state index is -0.556. The summed E-state index contributed by atoms with van der Waals surface area (Å²) in [5.74, 6) is 0.443. The van der Waals surface area contributed by atoms with E-state index in [4.69, 9.17) is 9.47 Å². The van der Waals surface area contributed by atoms with Crippen LogP contribution in [0.2, 0.25) is 0 Å². The number of aliphatic hydroxyl groups excluding tert-OH is 1. The fourth-order valence-corrected chi connectivity index (χ4v) is 6.52. The summed E-state index contributed by atoms with van der Waals surface area (Å²) in [6.45, 7) is 2.29. The van der Waals surface area contributed by atoms with Crippen LogP contribution < -0.4 is 5.32 Å². The highest BCUT2D eigenvalue weighted by atomic mass is 32.2. The number of amides is 1. The molecule has 6 rings (SSSR count). The first-order valence-corrected chi connectivity index (χ1v) is 15.4. The highest BCUT2D eigenvalue weighted by Crippen LogP contribution is 2.39. The summed E-state index contributed by atoms with van der Waals surface area (Å²) in [5.41, 5.74) is 5.43. The first-order valence-electron chi connectivity index (χ1n) is 13.6. The van der Waals surface area contributed by atoms with Gasteiger partial charge in [-0.2, -0.15) is 0 Å². The molecule has 11 heteroatoms. The number of hydrogen-bond donors (Lipinski definition) is 2. The Labute approximate surface area is 251 Å². The van der Waals surface area contributed by atoms with Crippen LogP contribution in [0.1, 0.15) is 56.6 Å². The third-order valence-corrected chi connectivity index (χ3v) is 9.01. The summed E-state index contributed by atoms with van der Waals surface area (Å²) >= 11 is 3.21. The Hall–Kier alpha value is -3.74. The van der Waals surface area contributed by atoms with Crippen LogP contribution in [0.3, 0.4) is 0 Å². The second kappa shape index (κ2) is 13.1. The number of thioether (sulfide) groups is 1. The predicted octanol–water partition coefficient (Wildman–Crippen LogP) is 5.55. The molecule has 1 saturated heterocycles. The van der Waals surface area contributed by atoms with Crippen LogP contribution in [0.5, 0.6) is 0 Å². The fourth-order valence-electron chi connectivity index (χ4n) is 4.66. The van der Waals surface area contributed by atoms with Gasteiger partial charge in [-0.05, 0) is 35.7 Å². The zero-order chi connectivity index (χ0) is 28.9. The summed E-state index contributed by atoms with van der Waals surface area (Å²) < 4.78 is 13.8. The van der Waals surface area contributed by atoms with E-state index in [9.17, 15) is 9.90 Å². The van der Waals surface area contributed by atoms with E-state index < -0.39 is 6.29 Å². The molecular weight excluding hydrogens is 571 g/mol. The number of rotatable bonds is 9. The Balaban J connectivity index is 1.12. The SMILES string of the molecule is Cc1nnc(SCC2CC(c3ccc(CO)cc3)OC(c3ccc(CNC(=O)c4cnc5ccccc5n4)cc3)O2)s1. The van der Waals surface area contributed by atoms with Crippen molar-refractivity contribution in [3.8, 4) is 0 Å². The largest absolute Gasteiger partial charge is 0.392 e. The van der Waals surface area contributed by atoms with Gasteiger partial charge in [0.15, 0.2) is 10.6 Å². The number of carbonyl (C=O) groups excluding carboxylic acids is 1. The molecule has 1 aliphatic rings. The summed E-state index contributed by atoms with van der Waals surface area (Å²) in [4.78, 5) is 21.5. The van der Waals surface area contributed by atoms with Gasteiger partial charge in [0.05, 0.1) is 36.0 Å². The molecule has 3 heterocycles. The smallest absolute Gasteiger partial charge is 0.271 e. The van der Waals surface area contributed by atoms with Gasteiger partial charge in [0, 0.05) is 24.3 Å². The molecule has 3 atom stereocenters. The fraction of sp³-hybridized carbons (Fsp3) is 0.258. The van der Waals surface area contributed by atoms with Crippen LogP contribution in [0, 0.1) is 6.92 Å². The van der Waals surface area contributed by atoms with Crippen molar-refractivity contribution < 1.29 is 19.4 Å². The quantitative estimate of drug-likeness (QED) is 0.210. The van der Waals surface area contributed by atoms with Gasteiger partial charge in [-0.3, -0.25) is 9.78 Å². The van der Waals surface area contributed by atoms with Crippen molar-refractivity contribution in [2.24, 2.45) is 0 Å². The molecule has 0 saturated carbocycles. The van der Waals surface area contributed by atoms with Gasteiger partial charge in [0.1, 0.15) is 10.7 Å². The Morgan fingerprint density at radius 2 is 1.71 bits per heavy atom. The van der Waals surface area contributed by atoms with Gasteiger partial charge < -0.3 is 19.9 Å². The molecule has 1 aliphatic heterocycles. The van der Waals surface area contributed by atoms with Gasteiger partial charge in [0.25, 0.3) is 5.91 Å². The van der Waals surface area contributed by atoms with E-state index in [1.54, 1.807) is 23.1 Å². The zero-order valence-corrected chi connectivity index (χ0v) is 24.5. The molecule has 0 aliphatic carbocycles. The lowest BCUT2D eigenvalue weighted by Gasteiger charge is -2.36. The number of aliphatic hydroxyl groups is 1. The molecular formula is C31H29N5O4S2. The van der Waals surface area contributed by atoms with Crippen LogP contribution in [0.4, 0.5) is 0 Å². The Morgan fingerprint density at radius 1 is 0.976 bits per heavy atom. The van der Waals surface area contributed by atoms with Crippen molar-refractivity contribution in [2.75, 3.05) is 5.75 Å². The normalized spacial score (nSPS) is 18.7. The van der Waals surface area contributed by atoms with Crippen molar-refractivity contribution in [3.05, 3.63) is 112 Å². The minimum Gasteiger partial charge on any atom is -0.392 e. The molecule has 1 fully saturated rings. The average molecular weight is 600 g/mol. The molecule has 9 nitrogen and oxygen atoms in total. The minimum absolute atomic E-state index is 0.000528. The summed E-state index contributed by atoms with van der Waals surface area (Å²) in [6, 6.07) is 23.2. The Bertz CT molecular complexity index is 1660. The van der Waals surface area contributed by atoms with Crippen LogP contribution >= 0.6 is 23.1 Å². The molecule has 0 radical (unpaired) electrons. The maximum absolute atomic E-state index is 12.7. The summed E-state index contributed by atoms with van der Waals surface area (Å²) in [5, 5.41) is 21.6. The van der Waals surface area contributed by atoms with Crippen LogP contribution in [-0.2, 0) is 22.6 Å². The maximum atomic E-state index is 12.7. The molecule has 3 aromatic carbocycles. The molecule has 1 amide bonds. The summed E-state index contributed by atoms with van der Waals surface area (Å²) in [6.07, 6.45) is 1.40. The Morgan fingerprint density at radius 3 is 2.45 bits per heavy atom. The maximum Gasteiger partial charge on any atom is 0.271 e. The van der Waals surface area contributed by atoms with Crippen LogP contribution in [-0.4, -0.2) is 43.0 Å². The number of benzene rings is 3. The molecule has 2 N–H and O–H groups in total. The van der Waals surface area contributed by atoms with Crippen molar-refractivity contribution in [1.82, 2.24) is 25.5 Å². The summed E-state index contributed by atoms with van der Waals surface area (Å²) in [7, 11) is 0. The molecule has 214 valence electrons. The van der Waals surface area contributed by atoms with Gasteiger partial charge in [0.2, 0.25) is 0 Å². The number of nitrogens with one attached hydrogen (secondary N) is 1. The average Bonchev–Trinajstić information content (AvgIpc) is 3.47. The van der Waals surface area contributed by atoms with Gasteiger partial charge >= 0.3 is 0 Å². The van der Waals surface area contributed by atoms with Crippen molar-refractivity contribution in [2.45, 2.75) is 49.3 Å². The highest BCUT2D eigenvalue weighted by molar-refractivity contribution is 8.01. The van der Waals surface area contributed by atoms with Gasteiger partial charge in [-0.1, -0.05) is 83.8 Å².